The lowest BCUT2D eigenvalue weighted by Gasteiger charge is -2.08. The molecule has 0 bridgehead atoms. The zero-order valence-electron chi connectivity index (χ0n) is 8.10. The van der Waals surface area contributed by atoms with Gasteiger partial charge >= 0.3 is 11.9 Å². The molecule has 2 fully saturated rings. The summed E-state index contributed by atoms with van der Waals surface area (Å²) in [6.45, 7) is 2.15. The third-order valence-electron chi connectivity index (χ3n) is 3.38. The average Bonchev–Trinajstić information content (AvgIpc) is 2.66. The minimum atomic E-state index is -0.760. The number of hydrogen-bond donors (Lipinski definition) is 1. The third-order valence-corrected chi connectivity index (χ3v) is 3.38. The second-order valence-electron chi connectivity index (χ2n) is 4.04. The third kappa shape index (κ3) is 1.29. The van der Waals surface area contributed by atoms with E-state index < -0.39 is 5.97 Å². The van der Waals surface area contributed by atoms with E-state index in [1.807, 2.05) is 0 Å². The van der Waals surface area contributed by atoms with Gasteiger partial charge in [-0.05, 0) is 31.6 Å². The van der Waals surface area contributed by atoms with Crippen LogP contribution in [0, 0.1) is 23.7 Å². The highest BCUT2D eigenvalue weighted by Crippen LogP contribution is 2.60. The van der Waals surface area contributed by atoms with Gasteiger partial charge in [-0.1, -0.05) is 0 Å². The van der Waals surface area contributed by atoms with Gasteiger partial charge in [-0.3, -0.25) is 9.59 Å². The van der Waals surface area contributed by atoms with Crippen LogP contribution in [0.5, 0.6) is 0 Å². The van der Waals surface area contributed by atoms with Gasteiger partial charge in [-0.25, -0.2) is 0 Å². The smallest absolute Gasteiger partial charge is 0.309 e. The molecular weight excluding hydrogens is 184 g/mol. The largest absolute Gasteiger partial charge is 0.481 e. The number of carboxylic acid groups (broad SMARTS) is 1. The number of aliphatic carboxylic acids is 1. The molecule has 0 aliphatic heterocycles. The Bertz CT molecular complexity index is 273. The van der Waals surface area contributed by atoms with Crippen molar-refractivity contribution < 1.29 is 19.4 Å². The van der Waals surface area contributed by atoms with Gasteiger partial charge in [0.15, 0.2) is 0 Å². The van der Waals surface area contributed by atoms with Crippen molar-refractivity contribution in [1.29, 1.82) is 0 Å². The van der Waals surface area contributed by atoms with Crippen molar-refractivity contribution in [2.24, 2.45) is 23.7 Å². The minimum Gasteiger partial charge on any atom is -0.481 e. The van der Waals surface area contributed by atoms with Crippen molar-refractivity contribution >= 4 is 11.9 Å². The second-order valence-corrected chi connectivity index (χ2v) is 4.04. The summed E-state index contributed by atoms with van der Waals surface area (Å²) >= 11 is 0. The monoisotopic (exact) mass is 198 g/mol. The molecule has 2 saturated carbocycles. The topological polar surface area (TPSA) is 63.6 Å². The van der Waals surface area contributed by atoms with Crippen molar-refractivity contribution in [2.45, 2.75) is 19.8 Å². The van der Waals surface area contributed by atoms with Crippen molar-refractivity contribution in [3.8, 4) is 0 Å². The molecule has 0 aromatic heterocycles. The van der Waals surface area contributed by atoms with Gasteiger partial charge in [-0.15, -0.1) is 0 Å². The van der Waals surface area contributed by atoms with Crippen LogP contribution in [0.25, 0.3) is 0 Å². The van der Waals surface area contributed by atoms with Gasteiger partial charge < -0.3 is 9.84 Å². The Kier molecular flexibility index (Phi) is 2.21. The van der Waals surface area contributed by atoms with Gasteiger partial charge in [0.25, 0.3) is 0 Å². The van der Waals surface area contributed by atoms with Crippen molar-refractivity contribution in [1.82, 2.24) is 0 Å². The molecule has 0 aromatic rings. The molecule has 2 aliphatic carbocycles. The predicted octanol–water partition coefficient (Wildman–Crippen LogP) is 0.906. The molecule has 2 aliphatic rings. The molecule has 0 amide bonds. The van der Waals surface area contributed by atoms with Crippen LogP contribution >= 0.6 is 0 Å². The van der Waals surface area contributed by atoms with Crippen LogP contribution in [-0.4, -0.2) is 23.7 Å². The van der Waals surface area contributed by atoms with Crippen LogP contribution < -0.4 is 0 Å². The van der Waals surface area contributed by atoms with Crippen LogP contribution in [0.15, 0.2) is 0 Å². The van der Waals surface area contributed by atoms with Gasteiger partial charge in [-0.2, -0.15) is 0 Å². The normalized spacial score (nSPS) is 38.9. The van der Waals surface area contributed by atoms with E-state index in [1.165, 1.54) is 0 Å². The van der Waals surface area contributed by atoms with Crippen LogP contribution in [0.3, 0.4) is 0 Å². The number of rotatable bonds is 3. The van der Waals surface area contributed by atoms with E-state index in [1.54, 1.807) is 6.92 Å². The first-order valence-corrected chi connectivity index (χ1v) is 5.06. The molecule has 78 valence electrons. The number of carboxylic acids is 1. The number of carbonyl (C=O) groups is 2. The zero-order chi connectivity index (χ0) is 10.3. The van der Waals surface area contributed by atoms with Crippen molar-refractivity contribution in [2.75, 3.05) is 6.61 Å². The fraction of sp³-hybridized carbons (Fsp3) is 0.800. The van der Waals surface area contributed by atoms with Crippen LogP contribution in [0.4, 0.5) is 0 Å². The highest BCUT2D eigenvalue weighted by atomic mass is 16.5. The Morgan fingerprint density at radius 3 is 2.71 bits per heavy atom. The number of hydrogen-bond acceptors (Lipinski definition) is 3. The second kappa shape index (κ2) is 3.26. The lowest BCUT2D eigenvalue weighted by atomic mass is 10.0. The number of esters is 1. The van der Waals surface area contributed by atoms with Crippen LogP contribution in [0.1, 0.15) is 19.8 Å². The number of fused-ring (bicyclic) bond motifs is 1. The first kappa shape index (κ1) is 9.49. The summed E-state index contributed by atoms with van der Waals surface area (Å²) in [7, 11) is 0. The van der Waals surface area contributed by atoms with E-state index in [2.05, 4.69) is 0 Å². The van der Waals surface area contributed by atoms with E-state index in [0.717, 1.165) is 12.8 Å². The lowest BCUT2D eigenvalue weighted by molar-refractivity contribution is -0.147. The Labute approximate surface area is 82.2 Å². The standard InChI is InChI=1S/C10H14O4/c1-2-14-10(13)8-5-3-4-6(7(5)8)9(11)12/h5-8H,2-4H2,1H3,(H,11,12). The molecule has 4 heteroatoms. The fourth-order valence-corrected chi connectivity index (χ4v) is 2.74. The summed E-state index contributed by atoms with van der Waals surface area (Å²) in [5.41, 5.74) is 0. The quantitative estimate of drug-likeness (QED) is 0.684. The molecule has 14 heavy (non-hydrogen) atoms. The van der Waals surface area contributed by atoms with E-state index >= 15 is 0 Å². The summed E-state index contributed by atoms with van der Waals surface area (Å²) in [6.07, 6.45) is 1.59. The number of ether oxygens (including phenoxy) is 1. The first-order chi connectivity index (χ1) is 6.66. The summed E-state index contributed by atoms with van der Waals surface area (Å²) in [5.74, 6) is -1.04. The number of carbonyl (C=O) groups excluding carboxylic acids is 1. The molecule has 0 saturated heterocycles. The molecule has 0 radical (unpaired) electrons. The molecule has 4 nitrogen and oxygen atoms in total. The molecule has 4 unspecified atom stereocenters. The Hall–Kier alpha value is -1.06. The molecule has 4 atom stereocenters. The summed E-state index contributed by atoms with van der Waals surface area (Å²) in [4.78, 5) is 22.2. The molecule has 0 aromatic carbocycles. The van der Waals surface area contributed by atoms with E-state index in [-0.39, 0.29) is 29.6 Å². The van der Waals surface area contributed by atoms with Gasteiger partial charge in [0.2, 0.25) is 0 Å². The van der Waals surface area contributed by atoms with E-state index in [0.29, 0.717) is 6.61 Å². The highest BCUT2D eigenvalue weighted by Gasteiger charge is 2.63. The average molecular weight is 198 g/mol. The summed E-state index contributed by atoms with van der Waals surface area (Å²) in [5, 5.41) is 8.89. The van der Waals surface area contributed by atoms with Gasteiger partial charge in [0.05, 0.1) is 18.4 Å². The fourth-order valence-electron chi connectivity index (χ4n) is 2.74. The van der Waals surface area contributed by atoms with E-state index in [4.69, 9.17) is 9.84 Å². The van der Waals surface area contributed by atoms with Crippen molar-refractivity contribution in [3.05, 3.63) is 0 Å². The maximum atomic E-state index is 11.4. The van der Waals surface area contributed by atoms with Crippen LogP contribution in [-0.2, 0) is 14.3 Å². The molecular formula is C10H14O4. The molecule has 1 N–H and O–H groups in total. The summed E-state index contributed by atoms with van der Waals surface area (Å²) < 4.78 is 4.90. The summed E-state index contributed by atoms with van der Waals surface area (Å²) in [6, 6.07) is 0. The zero-order valence-corrected chi connectivity index (χ0v) is 8.10. The van der Waals surface area contributed by atoms with Gasteiger partial charge in [0.1, 0.15) is 0 Å². The Morgan fingerprint density at radius 2 is 2.14 bits per heavy atom. The minimum absolute atomic E-state index is 0.0616. The maximum Gasteiger partial charge on any atom is 0.309 e. The highest BCUT2D eigenvalue weighted by molar-refractivity contribution is 5.80. The van der Waals surface area contributed by atoms with Gasteiger partial charge in [0, 0.05) is 0 Å². The molecule has 0 heterocycles. The Morgan fingerprint density at radius 1 is 1.43 bits per heavy atom. The molecule has 2 rings (SSSR count). The maximum absolute atomic E-state index is 11.4. The predicted molar refractivity (Wildman–Crippen MR) is 47.5 cm³/mol. The molecule has 0 spiro atoms. The Balaban J connectivity index is 1.96. The van der Waals surface area contributed by atoms with Crippen LogP contribution in [0.2, 0.25) is 0 Å². The lowest BCUT2D eigenvalue weighted by Crippen LogP contribution is -2.18. The van der Waals surface area contributed by atoms with Crippen molar-refractivity contribution in [3.63, 3.8) is 0 Å². The SMILES string of the molecule is CCOC(=O)C1C2CCC(C(=O)O)C21. The van der Waals surface area contributed by atoms with E-state index in [9.17, 15) is 9.59 Å². The first-order valence-electron chi connectivity index (χ1n) is 5.06.